The van der Waals surface area contributed by atoms with E-state index in [0.717, 1.165) is 0 Å². The summed E-state index contributed by atoms with van der Waals surface area (Å²) in [6.45, 7) is 6.83. The van der Waals surface area contributed by atoms with Crippen molar-refractivity contribution in [3.8, 4) is 0 Å². The first-order valence-corrected chi connectivity index (χ1v) is 5.20. The predicted molar refractivity (Wildman–Crippen MR) is 59.1 cm³/mol. The number of amides is 2. The first-order valence-electron chi connectivity index (χ1n) is 5.20. The second-order valence-corrected chi connectivity index (χ2v) is 4.01. The van der Waals surface area contributed by atoms with Crippen LogP contribution in [0.4, 0.5) is 0 Å². The van der Waals surface area contributed by atoms with E-state index >= 15 is 0 Å². The topological polar surface area (TPSA) is 84.2 Å². The Hall–Kier alpha value is -1.10. The standard InChI is InChI=1S/C10H21N3O2/c1-7(2)8(3)5-12-10(15)6-13-9(14)4-11/h7-8H,4-6,11H2,1-3H3,(H,12,15)(H,13,14). The summed E-state index contributed by atoms with van der Waals surface area (Å²) in [7, 11) is 0. The van der Waals surface area contributed by atoms with Gasteiger partial charge in [-0.2, -0.15) is 0 Å². The van der Waals surface area contributed by atoms with Crippen LogP contribution in [0.15, 0.2) is 0 Å². The third-order valence-corrected chi connectivity index (χ3v) is 2.39. The zero-order valence-electron chi connectivity index (χ0n) is 9.67. The minimum absolute atomic E-state index is 0.000842. The molecule has 0 aliphatic rings. The van der Waals surface area contributed by atoms with E-state index in [9.17, 15) is 9.59 Å². The SMILES string of the molecule is CC(C)C(C)CNC(=O)CNC(=O)CN. The Balaban J connectivity index is 3.62. The molecule has 0 rings (SSSR count). The molecule has 88 valence electrons. The van der Waals surface area contributed by atoms with E-state index in [-0.39, 0.29) is 24.9 Å². The van der Waals surface area contributed by atoms with Crippen LogP contribution in [0.5, 0.6) is 0 Å². The lowest BCUT2D eigenvalue weighted by Gasteiger charge is -2.16. The maximum absolute atomic E-state index is 11.2. The highest BCUT2D eigenvalue weighted by Gasteiger charge is 2.09. The zero-order valence-corrected chi connectivity index (χ0v) is 9.67. The number of nitrogens with one attached hydrogen (secondary N) is 2. The largest absolute Gasteiger partial charge is 0.354 e. The van der Waals surface area contributed by atoms with Gasteiger partial charge in [0.1, 0.15) is 0 Å². The van der Waals surface area contributed by atoms with E-state index in [1.54, 1.807) is 0 Å². The lowest BCUT2D eigenvalue weighted by molar-refractivity contribution is -0.125. The molecule has 5 heteroatoms. The minimum Gasteiger partial charge on any atom is -0.354 e. The first-order chi connectivity index (χ1) is 6.97. The molecule has 0 fully saturated rings. The first kappa shape index (κ1) is 13.9. The Morgan fingerprint density at radius 2 is 1.73 bits per heavy atom. The van der Waals surface area contributed by atoms with Crippen LogP contribution in [0.1, 0.15) is 20.8 Å². The number of hydrogen-bond donors (Lipinski definition) is 3. The van der Waals surface area contributed by atoms with Crippen LogP contribution in [0.3, 0.4) is 0 Å². The van der Waals surface area contributed by atoms with Crippen molar-refractivity contribution >= 4 is 11.8 Å². The van der Waals surface area contributed by atoms with E-state index in [0.29, 0.717) is 18.4 Å². The molecule has 5 nitrogen and oxygen atoms in total. The molecule has 0 heterocycles. The quantitative estimate of drug-likeness (QED) is 0.557. The molecular formula is C10H21N3O2. The third-order valence-electron chi connectivity index (χ3n) is 2.39. The van der Waals surface area contributed by atoms with Crippen LogP contribution < -0.4 is 16.4 Å². The molecular weight excluding hydrogens is 194 g/mol. The van der Waals surface area contributed by atoms with Crippen molar-refractivity contribution in [1.29, 1.82) is 0 Å². The summed E-state index contributed by atoms with van der Waals surface area (Å²) in [6.07, 6.45) is 0. The predicted octanol–water partition coefficient (Wildman–Crippen LogP) is -0.530. The molecule has 2 amide bonds. The van der Waals surface area contributed by atoms with Gasteiger partial charge in [-0.05, 0) is 11.8 Å². The molecule has 0 aromatic carbocycles. The van der Waals surface area contributed by atoms with Gasteiger partial charge in [-0.3, -0.25) is 9.59 Å². The molecule has 0 aromatic heterocycles. The lowest BCUT2D eigenvalue weighted by atomic mass is 9.98. The average molecular weight is 215 g/mol. The van der Waals surface area contributed by atoms with E-state index < -0.39 is 0 Å². The molecule has 0 saturated heterocycles. The normalized spacial score (nSPS) is 12.3. The van der Waals surface area contributed by atoms with E-state index in [4.69, 9.17) is 5.73 Å². The molecule has 0 aromatic rings. The van der Waals surface area contributed by atoms with Crippen molar-refractivity contribution in [3.63, 3.8) is 0 Å². The van der Waals surface area contributed by atoms with Gasteiger partial charge in [-0.25, -0.2) is 0 Å². The molecule has 15 heavy (non-hydrogen) atoms. The summed E-state index contributed by atoms with van der Waals surface area (Å²) >= 11 is 0. The molecule has 1 unspecified atom stereocenters. The summed E-state index contributed by atoms with van der Waals surface area (Å²) in [5, 5.41) is 5.16. The number of rotatable bonds is 6. The summed E-state index contributed by atoms with van der Waals surface area (Å²) in [5.41, 5.74) is 5.08. The van der Waals surface area contributed by atoms with E-state index in [1.165, 1.54) is 0 Å². The fourth-order valence-electron chi connectivity index (χ4n) is 0.824. The van der Waals surface area contributed by atoms with Crippen LogP contribution >= 0.6 is 0 Å². The van der Waals surface area contributed by atoms with Crippen molar-refractivity contribution < 1.29 is 9.59 Å². The van der Waals surface area contributed by atoms with Crippen molar-refractivity contribution in [1.82, 2.24) is 10.6 Å². The number of hydrogen-bond acceptors (Lipinski definition) is 3. The maximum atomic E-state index is 11.2. The minimum atomic E-state index is -0.318. The van der Waals surface area contributed by atoms with Crippen LogP contribution in [0.25, 0.3) is 0 Å². The van der Waals surface area contributed by atoms with Gasteiger partial charge in [0.25, 0.3) is 0 Å². The van der Waals surface area contributed by atoms with Gasteiger partial charge in [0.2, 0.25) is 11.8 Å². The van der Waals surface area contributed by atoms with Gasteiger partial charge in [-0.15, -0.1) is 0 Å². The molecule has 0 spiro atoms. The van der Waals surface area contributed by atoms with Gasteiger partial charge in [-0.1, -0.05) is 20.8 Å². The molecule has 4 N–H and O–H groups in total. The number of nitrogens with two attached hydrogens (primary N) is 1. The molecule has 0 aliphatic heterocycles. The average Bonchev–Trinajstić information content (AvgIpc) is 2.21. The molecule has 1 atom stereocenters. The maximum Gasteiger partial charge on any atom is 0.239 e. The van der Waals surface area contributed by atoms with Gasteiger partial charge in [0.05, 0.1) is 13.1 Å². The van der Waals surface area contributed by atoms with Crippen LogP contribution in [-0.4, -0.2) is 31.4 Å². The fraction of sp³-hybridized carbons (Fsp3) is 0.800. The fourth-order valence-corrected chi connectivity index (χ4v) is 0.824. The monoisotopic (exact) mass is 215 g/mol. The molecule has 0 saturated carbocycles. The van der Waals surface area contributed by atoms with Crippen LogP contribution in [0.2, 0.25) is 0 Å². The van der Waals surface area contributed by atoms with E-state index in [2.05, 4.69) is 31.4 Å². The van der Waals surface area contributed by atoms with Crippen LogP contribution in [-0.2, 0) is 9.59 Å². The van der Waals surface area contributed by atoms with Crippen LogP contribution in [0, 0.1) is 11.8 Å². The smallest absolute Gasteiger partial charge is 0.239 e. The molecule has 0 aliphatic carbocycles. The number of carbonyl (C=O) groups excluding carboxylic acids is 2. The third kappa shape index (κ3) is 6.90. The van der Waals surface area contributed by atoms with Gasteiger partial charge < -0.3 is 16.4 Å². The Labute approximate surface area is 90.8 Å². The summed E-state index contributed by atoms with van der Waals surface area (Å²) < 4.78 is 0. The van der Waals surface area contributed by atoms with Crippen molar-refractivity contribution in [2.75, 3.05) is 19.6 Å². The molecule has 0 radical (unpaired) electrons. The summed E-state index contributed by atoms with van der Waals surface area (Å²) in [4.78, 5) is 22.0. The highest BCUT2D eigenvalue weighted by Crippen LogP contribution is 2.07. The highest BCUT2D eigenvalue weighted by atomic mass is 16.2. The van der Waals surface area contributed by atoms with Crippen molar-refractivity contribution in [2.24, 2.45) is 17.6 Å². The number of carbonyl (C=O) groups is 2. The van der Waals surface area contributed by atoms with E-state index in [1.807, 2.05) is 0 Å². The second kappa shape index (κ2) is 7.23. The molecule has 0 bridgehead atoms. The summed E-state index contributed by atoms with van der Waals surface area (Å²) in [5.74, 6) is 0.467. The Bertz CT molecular complexity index is 217. The zero-order chi connectivity index (χ0) is 11.8. The Morgan fingerprint density at radius 3 is 2.20 bits per heavy atom. The lowest BCUT2D eigenvalue weighted by Crippen LogP contribution is -2.41. The second-order valence-electron chi connectivity index (χ2n) is 4.01. The Morgan fingerprint density at radius 1 is 1.13 bits per heavy atom. The van der Waals surface area contributed by atoms with Crippen molar-refractivity contribution in [2.45, 2.75) is 20.8 Å². The van der Waals surface area contributed by atoms with Gasteiger partial charge >= 0.3 is 0 Å². The highest BCUT2D eigenvalue weighted by molar-refractivity contribution is 5.85. The Kier molecular flexibility index (Phi) is 6.70. The summed E-state index contributed by atoms with van der Waals surface area (Å²) in [6, 6.07) is 0. The van der Waals surface area contributed by atoms with Gasteiger partial charge in [0, 0.05) is 6.54 Å². The van der Waals surface area contributed by atoms with Crippen molar-refractivity contribution in [3.05, 3.63) is 0 Å². The van der Waals surface area contributed by atoms with Gasteiger partial charge in [0.15, 0.2) is 0 Å².